The van der Waals surface area contributed by atoms with Crippen LogP contribution in [-0.2, 0) is 9.84 Å². The normalized spacial score (nSPS) is 33.2. The third-order valence-corrected chi connectivity index (χ3v) is 9.63. The van der Waals surface area contributed by atoms with Gasteiger partial charge in [-0.3, -0.25) is 0 Å². The molecule has 1 aromatic carbocycles. The van der Waals surface area contributed by atoms with Crippen LogP contribution in [0.15, 0.2) is 29.3 Å². The Hall–Kier alpha value is -1.78. The largest absolute Gasteiger partial charge is 0.478 e. The summed E-state index contributed by atoms with van der Waals surface area (Å²) in [6.45, 7) is 3.71. The molecule has 2 atom stereocenters. The van der Waals surface area contributed by atoms with E-state index in [0.717, 1.165) is 19.3 Å². The van der Waals surface area contributed by atoms with Gasteiger partial charge in [-0.1, -0.05) is 23.7 Å². The molecule has 1 N–H and O–H groups in total. The van der Waals surface area contributed by atoms with Gasteiger partial charge in [0.05, 0.1) is 9.77 Å². The predicted molar refractivity (Wildman–Crippen MR) is 117 cm³/mol. The standard InChI is InChI=1S/C22H28ClN3O3S/c1-21(2,29-18-7-5-4-6-17(18)23)20(25-13-24)26-19-15-8-14-9-16(19)12-22(10-14,11-15)30(3,27)28/h4-7,14-16,19H,8-12H2,1-3H3,(H,25,26). The molecule has 0 aliphatic heterocycles. The maximum Gasteiger partial charge on any atom is 0.207 e. The van der Waals surface area contributed by atoms with Crippen molar-refractivity contribution in [3.05, 3.63) is 29.3 Å². The van der Waals surface area contributed by atoms with Gasteiger partial charge in [0.15, 0.2) is 21.3 Å². The molecule has 30 heavy (non-hydrogen) atoms. The third-order valence-electron chi connectivity index (χ3n) is 7.24. The van der Waals surface area contributed by atoms with E-state index in [9.17, 15) is 13.7 Å². The molecule has 2 unspecified atom stereocenters. The Morgan fingerprint density at radius 2 is 1.90 bits per heavy atom. The number of nitrogens with one attached hydrogen (secondary N) is 1. The Morgan fingerprint density at radius 1 is 1.27 bits per heavy atom. The minimum absolute atomic E-state index is 0.0950. The van der Waals surface area contributed by atoms with E-state index in [1.807, 2.05) is 32.2 Å². The van der Waals surface area contributed by atoms with E-state index < -0.39 is 20.2 Å². The summed E-state index contributed by atoms with van der Waals surface area (Å²) in [6, 6.07) is 7.31. The Kier molecular flexibility index (Phi) is 5.31. The van der Waals surface area contributed by atoms with Crippen molar-refractivity contribution in [2.45, 2.75) is 62.3 Å². The average Bonchev–Trinajstić information content (AvgIpc) is 2.64. The van der Waals surface area contributed by atoms with Crippen LogP contribution in [-0.4, -0.2) is 36.9 Å². The van der Waals surface area contributed by atoms with Gasteiger partial charge in [0.2, 0.25) is 6.19 Å². The van der Waals surface area contributed by atoms with Crippen molar-refractivity contribution in [2.75, 3.05) is 6.26 Å². The van der Waals surface area contributed by atoms with Crippen LogP contribution in [0.3, 0.4) is 0 Å². The zero-order chi connectivity index (χ0) is 21.7. The second kappa shape index (κ2) is 7.42. The second-order valence-corrected chi connectivity index (χ2v) is 12.5. The van der Waals surface area contributed by atoms with Gasteiger partial charge in [0.1, 0.15) is 5.75 Å². The monoisotopic (exact) mass is 449 g/mol. The highest BCUT2D eigenvalue weighted by atomic mass is 35.5. The molecule has 0 spiro atoms. The number of sulfone groups is 1. The first-order chi connectivity index (χ1) is 14.0. The quantitative estimate of drug-likeness (QED) is 0.417. The Labute approximate surface area is 183 Å². The van der Waals surface area contributed by atoms with E-state index >= 15 is 0 Å². The van der Waals surface area contributed by atoms with Gasteiger partial charge >= 0.3 is 0 Å². The highest BCUT2D eigenvalue weighted by Crippen LogP contribution is 2.58. The highest BCUT2D eigenvalue weighted by Gasteiger charge is 2.60. The molecule has 0 aromatic heterocycles. The Balaban J connectivity index is 1.57. The lowest BCUT2D eigenvalue weighted by atomic mass is 9.53. The molecule has 0 amide bonds. The predicted octanol–water partition coefficient (Wildman–Crippen LogP) is 3.96. The van der Waals surface area contributed by atoms with Crippen LogP contribution in [0, 0.1) is 29.2 Å². The number of nitriles is 1. The molecular formula is C22H28ClN3O3S. The molecule has 4 bridgehead atoms. The van der Waals surface area contributed by atoms with Crippen molar-refractivity contribution in [3.8, 4) is 11.9 Å². The van der Waals surface area contributed by atoms with E-state index in [2.05, 4.69) is 10.3 Å². The number of para-hydroxylation sites is 1. The maximum absolute atomic E-state index is 12.6. The van der Waals surface area contributed by atoms with Crippen molar-refractivity contribution in [3.63, 3.8) is 0 Å². The van der Waals surface area contributed by atoms with Crippen LogP contribution in [0.5, 0.6) is 5.75 Å². The molecular weight excluding hydrogens is 422 g/mol. The molecule has 4 aliphatic carbocycles. The number of benzene rings is 1. The van der Waals surface area contributed by atoms with Gasteiger partial charge in [-0.2, -0.15) is 10.3 Å². The molecule has 0 heterocycles. The van der Waals surface area contributed by atoms with E-state index in [1.165, 1.54) is 6.26 Å². The van der Waals surface area contributed by atoms with E-state index in [4.69, 9.17) is 16.3 Å². The fourth-order valence-electron chi connectivity index (χ4n) is 6.04. The molecule has 4 fully saturated rings. The summed E-state index contributed by atoms with van der Waals surface area (Å²) in [5.41, 5.74) is -0.899. The van der Waals surface area contributed by atoms with Crippen LogP contribution < -0.4 is 10.1 Å². The lowest BCUT2D eigenvalue weighted by Gasteiger charge is -2.59. The number of rotatable bonds is 5. The summed E-state index contributed by atoms with van der Waals surface area (Å²) in [7, 11) is -3.11. The highest BCUT2D eigenvalue weighted by molar-refractivity contribution is 7.92. The first kappa shape index (κ1) is 21.5. The number of ether oxygens (including phenoxy) is 1. The minimum atomic E-state index is -3.11. The summed E-state index contributed by atoms with van der Waals surface area (Å²) < 4.78 is 30.8. The second-order valence-electron chi connectivity index (χ2n) is 9.70. The summed E-state index contributed by atoms with van der Waals surface area (Å²) in [5.74, 6) is 1.96. The fraction of sp³-hybridized carbons (Fsp3) is 0.636. The van der Waals surface area contributed by atoms with Crippen molar-refractivity contribution >= 4 is 27.3 Å². The lowest BCUT2D eigenvalue weighted by molar-refractivity contribution is 0.00460. The smallest absolute Gasteiger partial charge is 0.207 e. The fourth-order valence-corrected chi connectivity index (χ4v) is 7.79. The van der Waals surface area contributed by atoms with Crippen LogP contribution >= 0.6 is 11.6 Å². The van der Waals surface area contributed by atoms with Crippen molar-refractivity contribution < 1.29 is 13.2 Å². The van der Waals surface area contributed by atoms with E-state index in [-0.39, 0.29) is 17.9 Å². The van der Waals surface area contributed by atoms with Gasteiger partial charge in [-0.15, -0.1) is 0 Å². The van der Waals surface area contributed by atoms with Crippen molar-refractivity contribution in [1.82, 2.24) is 5.32 Å². The number of hydrogen-bond acceptors (Lipinski definition) is 5. The minimum Gasteiger partial charge on any atom is -0.478 e. The number of halogens is 1. The van der Waals surface area contributed by atoms with Gasteiger partial charge in [0, 0.05) is 12.3 Å². The molecule has 5 rings (SSSR count). The van der Waals surface area contributed by atoms with Gasteiger partial charge in [-0.25, -0.2) is 8.42 Å². The average molecular weight is 450 g/mol. The summed E-state index contributed by atoms with van der Waals surface area (Å²) in [6.07, 6.45) is 7.50. The number of aliphatic imine (C=N–C) groups is 1. The summed E-state index contributed by atoms with van der Waals surface area (Å²) >= 11 is 6.25. The van der Waals surface area contributed by atoms with Gasteiger partial charge in [-0.05, 0) is 75.8 Å². The first-order valence-corrected chi connectivity index (χ1v) is 12.7. The van der Waals surface area contributed by atoms with Crippen LogP contribution in [0.1, 0.15) is 46.0 Å². The third kappa shape index (κ3) is 3.69. The van der Waals surface area contributed by atoms with E-state index in [0.29, 0.717) is 35.4 Å². The molecule has 6 nitrogen and oxygen atoms in total. The Bertz CT molecular complexity index is 999. The van der Waals surface area contributed by atoms with Crippen LogP contribution in [0.25, 0.3) is 0 Å². The van der Waals surface area contributed by atoms with Gasteiger partial charge in [0.25, 0.3) is 0 Å². The molecule has 4 aliphatic rings. The molecule has 162 valence electrons. The number of amidine groups is 1. The van der Waals surface area contributed by atoms with Crippen LogP contribution in [0.2, 0.25) is 5.02 Å². The molecule has 0 radical (unpaired) electrons. The van der Waals surface area contributed by atoms with Crippen molar-refractivity contribution in [2.24, 2.45) is 22.7 Å². The number of nitrogens with zero attached hydrogens (tertiary/aromatic N) is 2. The Morgan fingerprint density at radius 3 is 2.47 bits per heavy atom. The van der Waals surface area contributed by atoms with Crippen molar-refractivity contribution in [1.29, 1.82) is 5.26 Å². The lowest BCUT2D eigenvalue weighted by Crippen LogP contribution is -2.65. The molecule has 4 saturated carbocycles. The molecule has 8 heteroatoms. The number of hydrogen-bond donors (Lipinski definition) is 1. The molecule has 0 saturated heterocycles. The van der Waals surface area contributed by atoms with E-state index in [1.54, 1.807) is 12.1 Å². The topological polar surface area (TPSA) is 91.5 Å². The summed E-state index contributed by atoms with van der Waals surface area (Å²) in [5, 5.41) is 13.3. The van der Waals surface area contributed by atoms with Gasteiger partial charge < -0.3 is 10.1 Å². The maximum atomic E-state index is 12.6. The SMILES string of the molecule is CC(C)(Oc1ccccc1Cl)/C(=N/C#N)NC1C2CC3CC1CC(S(C)(=O)=O)(C3)C2. The van der Waals surface area contributed by atoms with Crippen LogP contribution in [0.4, 0.5) is 0 Å². The first-order valence-electron chi connectivity index (χ1n) is 10.4. The zero-order valence-electron chi connectivity index (χ0n) is 17.6. The summed E-state index contributed by atoms with van der Waals surface area (Å²) in [4.78, 5) is 4.06. The molecule has 1 aromatic rings. The zero-order valence-corrected chi connectivity index (χ0v) is 19.1.